The Morgan fingerprint density at radius 2 is 2.33 bits per heavy atom. The van der Waals surface area contributed by atoms with Crippen molar-refractivity contribution in [1.29, 1.82) is 0 Å². The van der Waals surface area contributed by atoms with Crippen LogP contribution in [-0.2, 0) is 0 Å². The highest BCUT2D eigenvalue weighted by Crippen LogP contribution is 2.35. The van der Waals surface area contributed by atoms with Crippen molar-refractivity contribution in [2.24, 2.45) is 5.73 Å². The zero-order valence-electron chi connectivity index (χ0n) is 10.2. The van der Waals surface area contributed by atoms with Gasteiger partial charge in [0.15, 0.2) is 0 Å². The fourth-order valence-electron chi connectivity index (χ4n) is 2.50. The summed E-state index contributed by atoms with van der Waals surface area (Å²) < 4.78 is 0. The third-order valence-electron chi connectivity index (χ3n) is 3.42. The lowest BCUT2D eigenvalue weighted by molar-refractivity contribution is -0.384. The van der Waals surface area contributed by atoms with E-state index in [0.29, 0.717) is 12.6 Å². The van der Waals surface area contributed by atoms with Crippen molar-refractivity contribution in [3.05, 3.63) is 32.8 Å². The molecule has 18 heavy (non-hydrogen) atoms. The summed E-state index contributed by atoms with van der Waals surface area (Å²) >= 11 is 5.97. The van der Waals surface area contributed by atoms with E-state index in [-0.39, 0.29) is 10.7 Å². The number of aryl methyl sites for hydroxylation is 1. The number of halogens is 1. The molecule has 6 heteroatoms. The van der Waals surface area contributed by atoms with Gasteiger partial charge in [-0.25, -0.2) is 0 Å². The molecule has 1 unspecified atom stereocenters. The van der Waals surface area contributed by atoms with Crippen LogP contribution in [0.5, 0.6) is 0 Å². The molecule has 1 aromatic rings. The number of benzene rings is 1. The molecule has 1 aliphatic rings. The highest BCUT2D eigenvalue weighted by molar-refractivity contribution is 6.33. The van der Waals surface area contributed by atoms with Crippen molar-refractivity contribution in [2.45, 2.75) is 25.8 Å². The number of hydrogen-bond acceptors (Lipinski definition) is 4. The predicted molar refractivity (Wildman–Crippen MR) is 72.3 cm³/mol. The van der Waals surface area contributed by atoms with Gasteiger partial charge in [-0.15, -0.1) is 0 Å². The molecule has 0 saturated carbocycles. The van der Waals surface area contributed by atoms with Crippen molar-refractivity contribution in [3.8, 4) is 0 Å². The lowest BCUT2D eigenvalue weighted by atomic mass is 10.1. The SMILES string of the molecule is Cc1cc([N+](=O)[O-])c(Cl)cc1N1CCCC1CN. The van der Waals surface area contributed by atoms with Crippen LogP contribution in [0.3, 0.4) is 0 Å². The summed E-state index contributed by atoms with van der Waals surface area (Å²) in [5, 5.41) is 11.0. The molecule has 0 amide bonds. The molecule has 1 saturated heterocycles. The van der Waals surface area contributed by atoms with Crippen LogP contribution < -0.4 is 10.6 Å². The Morgan fingerprint density at radius 1 is 1.61 bits per heavy atom. The molecule has 1 atom stereocenters. The number of anilines is 1. The number of nitro groups is 1. The second-order valence-corrected chi connectivity index (χ2v) is 4.98. The standard InChI is InChI=1S/C12H16ClN3O2/c1-8-5-12(16(17)18)10(13)6-11(8)15-4-2-3-9(15)7-14/h5-6,9H,2-4,7,14H2,1H3. The van der Waals surface area contributed by atoms with Gasteiger partial charge in [0.05, 0.1) is 4.92 Å². The summed E-state index contributed by atoms with van der Waals surface area (Å²) in [5.41, 5.74) is 7.53. The fraction of sp³-hybridized carbons (Fsp3) is 0.500. The van der Waals surface area contributed by atoms with Crippen LogP contribution in [0.15, 0.2) is 12.1 Å². The molecule has 0 spiro atoms. The zero-order chi connectivity index (χ0) is 13.3. The Bertz CT molecular complexity index is 479. The molecule has 0 bridgehead atoms. The van der Waals surface area contributed by atoms with Crippen LogP contribution in [0.1, 0.15) is 18.4 Å². The first kappa shape index (κ1) is 13.1. The molecular weight excluding hydrogens is 254 g/mol. The Balaban J connectivity index is 2.40. The largest absolute Gasteiger partial charge is 0.367 e. The van der Waals surface area contributed by atoms with Crippen molar-refractivity contribution in [3.63, 3.8) is 0 Å². The maximum atomic E-state index is 10.8. The van der Waals surface area contributed by atoms with Gasteiger partial charge in [-0.2, -0.15) is 0 Å². The van der Waals surface area contributed by atoms with Crippen LogP contribution in [0, 0.1) is 17.0 Å². The quantitative estimate of drug-likeness (QED) is 0.676. The van der Waals surface area contributed by atoms with Gasteiger partial charge in [0, 0.05) is 30.9 Å². The minimum atomic E-state index is -0.455. The minimum absolute atomic E-state index is 0.0404. The molecule has 1 aliphatic heterocycles. The summed E-state index contributed by atoms with van der Waals surface area (Å²) in [6.07, 6.45) is 2.15. The number of hydrogen-bond donors (Lipinski definition) is 1. The Morgan fingerprint density at radius 3 is 2.94 bits per heavy atom. The smallest absolute Gasteiger partial charge is 0.288 e. The lowest BCUT2D eigenvalue weighted by Gasteiger charge is -2.27. The van der Waals surface area contributed by atoms with E-state index in [1.807, 2.05) is 6.92 Å². The van der Waals surface area contributed by atoms with E-state index < -0.39 is 4.92 Å². The molecule has 5 nitrogen and oxygen atoms in total. The monoisotopic (exact) mass is 269 g/mol. The van der Waals surface area contributed by atoms with Gasteiger partial charge in [0.2, 0.25) is 0 Å². The van der Waals surface area contributed by atoms with Gasteiger partial charge in [-0.05, 0) is 31.4 Å². The van der Waals surface area contributed by atoms with Gasteiger partial charge in [-0.3, -0.25) is 10.1 Å². The molecule has 1 aromatic carbocycles. The van der Waals surface area contributed by atoms with Crippen LogP contribution in [-0.4, -0.2) is 24.1 Å². The molecule has 1 fully saturated rings. The first-order chi connectivity index (χ1) is 8.54. The topological polar surface area (TPSA) is 72.4 Å². The van der Waals surface area contributed by atoms with E-state index in [1.165, 1.54) is 6.07 Å². The maximum Gasteiger partial charge on any atom is 0.288 e. The van der Waals surface area contributed by atoms with E-state index in [1.54, 1.807) is 6.07 Å². The van der Waals surface area contributed by atoms with Crippen molar-refractivity contribution < 1.29 is 4.92 Å². The molecule has 98 valence electrons. The second kappa shape index (κ2) is 5.12. The van der Waals surface area contributed by atoms with Gasteiger partial charge in [0.1, 0.15) is 5.02 Å². The molecule has 0 radical (unpaired) electrons. The first-order valence-electron chi connectivity index (χ1n) is 5.96. The summed E-state index contributed by atoms with van der Waals surface area (Å²) in [6.45, 7) is 3.38. The number of nitrogens with two attached hydrogens (primary N) is 1. The van der Waals surface area contributed by atoms with Crippen LogP contribution in [0.2, 0.25) is 5.02 Å². The number of nitrogens with zero attached hydrogens (tertiary/aromatic N) is 2. The third kappa shape index (κ3) is 2.28. The van der Waals surface area contributed by atoms with E-state index in [0.717, 1.165) is 30.6 Å². The summed E-state index contributed by atoms with van der Waals surface area (Å²) in [7, 11) is 0. The van der Waals surface area contributed by atoms with E-state index in [9.17, 15) is 10.1 Å². The lowest BCUT2D eigenvalue weighted by Crippen LogP contribution is -2.35. The van der Waals surface area contributed by atoms with Gasteiger partial charge in [-0.1, -0.05) is 11.6 Å². The Labute approximate surface area is 111 Å². The first-order valence-corrected chi connectivity index (χ1v) is 6.33. The average Bonchev–Trinajstić information content (AvgIpc) is 2.79. The molecule has 0 aliphatic carbocycles. The summed E-state index contributed by atoms with van der Waals surface area (Å²) in [6, 6.07) is 3.52. The average molecular weight is 270 g/mol. The van der Waals surface area contributed by atoms with Gasteiger partial charge in [0.25, 0.3) is 5.69 Å². The van der Waals surface area contributed by atoms with Crippen LogP contribution >= 0.6 is 11.6 Å². The van der Waals surface area contributed by atoms with Crippen molar-refractivity contribution in [2.75, 3.05) is 18.0 Å². The van der Waals surface area contributed by atoms with Gasteiger partial charge >= 0.3 is 0 Å². The summed E-state index contributed by atoms with van der Waals surface area (Å²) in [5.74, 6) is 0. The van der Waals surface area contributed by atoms with E-state index in [2.05, 4.69) is 4.90 Å². The number of nitro benzene ring substituents is 1. The number of rotatable bonds is 3. The van der Waals surface area contributed by atoms with Crippen molar-refractivity contribution >= 4 is 23.0 Å². The summed E-state index contributed by atoms with van der Waals surface area (Å²) in [4.78, 5) is 12.6. The predicted octanol–water partition coefficient (Wildman–Crippen LogP) is 2.48. The van der Waals surface area contributed by atoms with E-state index in [4.69, 9.17) is 17.3 Å². The maximum absolute atomic E-state index is 10.8. The molecule has 2 N–H and O–H groups in total. The molecule has 2 rings (SSSR count). The van der Waals surface area contributed by atoms with E-state index >= 15 is 0 Å². The molecule has 0 aromatic heterocycles. The molecular formula is C12H16ClN3O2. The molecule has 1 heterocycles. The Hall–Kier alpha value is -1.33. The van der Waals surface area contributed by atoms with Crippen LogP contribution in [0.25, 0.3) is 0 Å². The Kier molecular flexibility index (Phi) is 3.73. The fourth-order valence-corrected chi connectivity index (χ4v) is 2.73. The van der Waals surface area contributed by atoms with Gasteiger partial charge < -0.3 is 10.6 Å². The van der Waals surface area contributed by atoms with Crippen molar-refractivity contribution in [1.82, 2.24) is 0 Å². The zero-order valence-corrected chi connectivity index (χ0v) is 11.0. The highest BCUT2D eigenvalue weighted by atomic mass is 35.5. The minimum Gasteiger partial charge on any atom is -0.367 e. The highest BCUT2D eigenvalue weighted by Gasteiger charge is 2.26. The second-order valence-electron chi connectivity index (χ2n) is 4.57. The van der Waals surface area contributed by atoms with Crippen LogP contribution in [0.4, 0.5) is 11.4 Å². The third-order valence-corrected chi connectivity index (χ3v) is 3.72. The normalized spacial score (nSPS) is 19.3.